The number of rotatable bonds is 7. The lowest BCUT2D eigenvalue weighted by Crippen LogP contribution is -2.25. The van der Waals surface area contributed by atoms with Gasteiger partial charge in [-0.1, -0.05) is 35.3 Å². The summed E-state index contributed by atoms with van der Waals surface area (Å²) in [5.74, 6) is 1.08. The van der Waals surface area contributed by atoms with E-state index in [-0.39, 0.29) is 10.9 Å². The molecule has 9 heteroatoms. The number of halogens is 2. The summed E-state index contributed by atoms with van der Waals surface area (Å²) in [6.45, 7) is 0.794. The number of benzene rings is 3. The van der Waals surface area contributed by atoms with E-state index in [9.17, 15) is 9.59 Å². The Kier molecular flexibility index (Phi) is 7.45. The SMILES string of the molecule is O=C(O)OC1CCOc2cc(Oc3ccc(C(=O)NCCc4cccc(Cl)c4)cc3)c(Cl)cc21. The molecule has 1 aliphatic rings. The molecule has 0 spiro atoms. The van der Waals surface area contributed by atoms with Crippen LogP contribution in [0.25, 0.3) is 0 Å². The molecule has 0 aliphatic carbocycles. The van der Waals surface area contributed by atoms with Crippen LogP contribution in [-0.4, -0.2) is 30.3 Å². The summed E-state index contributed by atoms with van der Waals surface area (Å²) >= 11 is 12.3. The van der Waals surface area contributed by atoms with Crippen molar-refractivity contribution < 1.29 is 28.9 Å². The van der Waals surface area contributed by atoms with Crippen molar-refractivity contribution in [2.24, 2.45) is 0 Å². The summed E-state index contributed by atoms with van der Waals surface area (Å²) < 4.78 is 16.4. The lowest BCUT2D eigenvalue weighted by molar-refractivity contribution is 0.0326. The summed E-state index contributed by atoms with van der Waals surface area (Å²) in [5, 5.41) is 12.8. The smallest absolute Gasteiger partial charge is 0.493 e. The number of fused-ring (bicyclic) bond motifs is 1. The number of hydrogen-bond donors (Lipinski definition) is 2. The van der Waals surface area contributed by atoms with E-state index in [0.29, 0.717) is 59.4 Å². The topological polar surface area (TPSA) is 94.1 Å². The van der Waals surface area contributed by atoms with Crippen LogP contribution in [0.15, 0.2) is 60.7 Å². The molecule has 4 rings (SSSR count). The third-order valence-electron chi connectivity index (χ3n) is 5.22. The predicted octanol–water partition coefficient (Wildman–Crippen LogP) is 6.28. The quantitative estimate of drug-likeness (QED) is 0.370. The number of carboxylic acid groups (broad SMARTS) is 1. The highest BCUT2D eigenvalue weighted by Crippen LogP contribution is 2.42. The average molecular weight is 502 g/mol. The first-order valence-electron chi connectivity index (χ1n) is 10.6. The zero-order chi connectivity index (χ0) is 24.1. The van der Waals surface area contributed by atoms with E-state index in [4.69, 9.17) is 42.5 Å². The van der Waals surface area contributed by atoms with E-state index < -0.39 is 12.3 Å². The molecule has 1 atom stereocenters. The molecular weight excluding hydrogens is 481 g/mol. The maximum atomic E-state index is 12.4. The summed E-state index contributed by atoms with van der Waals surface area (Å²) in [6, 6.07) is 17.3. The molecule has 3 aromatic rings. The van der Waals surface area contributed by atoms with E-state index in [2.05, 4.69) is 5.32 Å². The number of carbonyl (C=O) groups is 2. The highest BCUT2D eigenvalue weighted by atomic mass is 35.5. The first-order chi connectivity index (χ1) is 16.4. The number of nitrogens with one attached hydrogen (secondary N) is 1. The van der Waals surface area contributed by atoms with Crippen molar-refractivity contribution in [1.29, 1.82) is 0 Å². The number of ether oxygens (including phenoxy) is 3. The lowest BCUT2D eigenvalue weighted by atomic mass is 10.0. The van der Waals surface area contributed by atoms with Gasteiger partial charge in [-0.05, 0) is 54.4 Å². The van der Waals surface area contributed by atoms with Crippen LogP contribution < -0.4 is 14.8 Å². The Labute approximate surface area is 206 Å². The van der Waals surface area contributed by atoms with Crippen molar-refractivity contribution in [1.82, 2.24) is 5.32 Å². The molecule has 0 radical (unpaired) electrons. The van der Waals surface area contributed by atoms with Gasteiger partial charge in [0, 0.05) is 35.2 Å². The molecule has 0 fully saturated rings. The Morgan fingerprint density at radius 2 is 1.88 bits per heavy atom. The van der Waals surface area contributed by atoms with Crippen LogP contribution in [-0.2, 0) is 11.2 Å². The minimum absolute atomic E-state index is 0.196. The van der Waals surface area contributed by atoms with Gasteiger partial charge in [-0.3, -0.25) is 4.79 Å². The van der Waals surface area contributed by atoms with Crippen LogP contribution in [0.5, 0.6) is 17.2 Å². The zero-order valence-electron chi connectivity index (χ0n) is 17.9. The van der Waals surface area contributed by atoms with Gasteiger partial charge in [0.1, 0.15) is 23.4 Å². The second-order valence-corrected chi connectivity index (χ2v) is 8.44. The van der Waals surface area contributed by atoms with Gasteiger partial charge in [0.15, 0.2) is 0 Å². The molecule has 0 saturated carbocycles. The maximum Gasteiger partial charge on any atom is 0.506 e. The monoisotopic (exact) mass is 501 g/mol. The molecule has 1 amide bonds. The molecule has 0 saturated heterocycles. The van der Waals surface area contributed by atoms with E-state index in [0.717, 1.165) is 5.56 Å². The second kappa shape index (κ2) is 10.7. The Morgan fingerprint density at radius 1 is 1.09 bits per heavy atom. The highest BCUT2D eigenvalue weighted by molar-refractivity contribution is 6.32. The van der Waals surface area contributed by atoms with Gasteiger partial charge >= 0.3 is 6.16 Å². The van der Waals surface area contributed by atoms with E-state index in [1.165, 1.54) is 0 Å². The zero-order valence-corrected chi connectivity index (χ0v) is 19.4. The van der Waals surface area contributed by atoms with Crippen LogP contribution >= 0.6 is 23.2 Å². The fourth-order valence-electron chi connectivity index (χ4n) is 3.60. The molecule has 2 N–H and O–H groups in total. The second-order valence-electron chi connectivity index (χ2n) is 7.59. The van der Waals surface area contributed by atoms with E-state index >= 15 is 0 Å². The summed E-state index contributed by atoms with van der Waals surface area (Å²) in [5.41, 5.74) is 2.09. The molecule has 0 aromatic heterocycles. The molecule has 1 unspecified atom stereocenters. The van der Waals surface area contributed by atoms with Crippen molar-refractivity contribution in [2.75, 3.05) is 13.2 Å². The van der Waals surface area contributed by atoms with Crippen LogP contribution in [0.2, 0.25) is 10.0 Å². The highest BCUT2D eigenvalue weighted by Gasteiger charge is 2.27. The van der Waals surface area contributed by atoms with Crippen LogP contribution in [0.3, 0.4) is 0 Å². The molecule has 3 aromatic carbocycles. The molecule has 176 valence electrons. The van der Waals surface area contributed by atoms with Gasteiger partial charge < -0.3 is 24.6 Å². The minimum atomic E-state index is -1.36. The van der Waals surface area contributed by atoms with E-state index in [1.54, 1.807) is 36.4 Å². The van der Waals surface area contributed by atoms with Gasteiger partial charge in [0.05, 0.1) is 11.6 Å². The lowest BCUT2D eigenvalue weighted by Gasteiger charge is -2.25. The van der Waals surface area contributed by atoms with Crippen molar-refractivity contribution in [3.05, 3.63) is 87.4 Å². The first kappa shape index (κ1) is 23.7. The van der Waals surface area contributed by atoms with Crippen molar-refractivity contribution >= 4 is 35.3 Å². The van der Waals surface area contributed by atoms with Crippen molar-refractivity contribution in [3.8, 4) is 17.2 Å². The van der Waals surface area contributed by atoms with Gasteiger partial charge in [-0.2, -0.15) is 0 Å². The number of amides is 1. The molecule has 0 bridgehead atoms. The largest absolute Gasteiger partial charge is 0.506 e. The summed E-state index contributed by atoms with van der Waals surface area (Å²) in [6.07, 6.45) is -0.934. The molecule has 7 nitrogen and oxygen atoms in total. The van der Waals surface area contributed by atoms with Crippen molar-refractivity contribution in [3.63, 3.8) is 0 Å². The third-order valence-corrected chi connectivity index (χ3v) is 5.75. The van der Waals surface area contributed by atoms with Crippen LogP contribution in [0.1, 0.15) is 34.0 Å². The number of carbonyl (C=O) groups excluding carboxylic acids is 1. The molecular formula is C25H21Cl2NO6. The standard InChI is InChI=1S/C25H21Cl2NO6/c26-17-3-1-2-15(12-17)8-10-28-24(29)16-4-6-18(7-5-16)33-23-14-22-19(13-20(23)27)21(9-11-32-22)34-25(30)31/h1-7,12-14,21H,8-11H2,(H,28,29)(H,30,31). The van der Waals surface area contributed by atoms with E-state index in [1.807, 2.05) is 24.3 Å². The third kappa shape index (κ3) is 5.92. The first-order valence-corrected chi connectivity index (χ1v) is 11.3. The predicted molar refractivity (Wildman–Crippen MR) is 127 cm³/mol. The Balaban J connectivity index is 1.37. The molecule has 34 heavy (non-hydrogen) atoms. The van der Waals surface area contributed by atoms with Gasteiger partial charge in [-0.15, -0.1) is 0 Å². The molecule has 1 heterocycles. The normalized spacial score (nSPS) is 14.5. The molecule has 1 aliphatic heterocycles. The Morgan fingerprint density at radius 3 is 2.62 bits per heavy atom. The maximum absolute atomic E-state index is 12.4. The van der Waals surface area contributed by atoms with Crippen LogP contribution in [0, 0.1) is 0 Å². The fraction of sp³-hybridized carbons (Fsp3) is 0.200. The van der Waals surface area contributed by atoms with Gasteiger partial charge in [0.25, 0.3) is 5.91 Å². The van der Waals surface area contributed by atoms with Crippen molar-refractivity contribution in [2.45, 2.75) is 18.9 Å². The average Bonchev–Trinajstić information content (AvgIpc) is 2.80. The number of hydrogen-bond acceptors (Lipinski definition) is 5. The fourth-order valence-corrected chi connectivity index (χ4v) is 4.02. The summed E-state index contributed by atoms with van der Waals surface area (Å²) in [4.78, 5) is 23.4. The summed E-state index contributed by atoms with van der Waals surface area (Å²) in [7, 11) is 0. The van der Waals surface area contributed by atoms with Crippen LogP contribution in [0.4, 0.5) is 4.79 Å². The van der Waals surface area contributed by atoms with Gasteiger partial charge in [0.2, 0.25) is 0 Å². The minimum Gasteiger partial charge on any atom is -0.493 e. The Hall–Kier alpha value is -3.42. The van der Waals surface area contributed by atoms with Gasteiger partial charge in [-0.25, -0.2) is 4.79 Å². The Bertz CT molecular complexity index is 1200.